The van der Waals surface area contributed by atoms with Crippen molar-refractivity contribution in [2.45, 2.75) is 76.7 Å². The Morgan fingerprint density at radius 1 is 0.882 bits per heavy atom. The third-order valence-corrected chi connectivity index (χ3v) is 11.6. The van der Waals surface area contributed by atoms with Gasteiger partial charge in [0.2, 0.25) is 0 Å². The second-order valence-corrected chi connectivity index (χ2v) is 12.7. The predicted octanol–water partition coefficient (Wildman–Crippen LogP) is 6.67. The SMILES string of the molecule is CC12CCC3C4CCC(N5CCOCC5)CC4CCC3C1CCC2c1ccc2ccncc2c1. The van der Waals surface area contributed by atoms with Crippen LogP contribution in [0.25, 0.3) is 10.8 Å². The van der Waals surface area contributed by atoms with Gasteiger partial charge in [0.1, 0.15) is 0 Å². The largest absolute Gasteiger partial charge is 0.379 e. The zero-order valence-corrected chi connectivity index (χ0v) is 21.0. The normalized spacial score (nSPS) is 42.7. The van der Waals surface area contributed by atoms with Crippen LogP contribution in [-0.4, -0.2) is 42.2 Å². The number of aromatic nitrogens is 1. The van der Waals surface area contributed by atoms with Crippen LogP contribution < -0.4 is 0 Å². The van der Waals surface area contributed by atoms with Gasteiger partial charge in [0, 0.05) is 36.9 Å². The van der Waals surface area contributed by atoms with Crippen molar-refractivity contribution >= 4 is 10.8 Å². The number of pyridine rings is 1. The highest BCUT2D eigenvalue weighted by molar-refractivity contribution is 5.82. The first kappa shape index (κ1) is 21.8. The van der Waals surface area contributed by atoms with Crippen molar-refractivity contribution in [3.05, 3.63) is 42.2 Å². The van der Waals surface area contributed by atoms with Crippen LogP contribution in [0.15, 0.2) is 36.7 Å². The number of fused-ring (bicyclic) bond motifs is 6. The Balaban J connectivity index is 1.08. The quantitative estimate of drug-likeness (QED) is 0.502. The van der Waals surface area contributed by atoms with Gasteiger partial charge in [-0.15, -0.1) is 0 Å². The standard InChI is InChI=1S/C31H42N2O/c1-31-12-10-27-26-7-5-25(33-14-16-34-17-15-33)19-22(26)4-6-28(27)30(31)9-8-29(31)23-3-2-21-11-13-32-20-24(21)18-23/h2-3,11,13,18,20,22,25-30H,4-10,12,14-17,19H2,1H3. The molecule has 2 aromatic rings. The lowest BCUT2D eigenvalue weighted by atomic mass is 9.49. The summed E-state index contributed by atoms with van der Waals surface area (Å²) in [6.07, 6.45) is 17.2. The maximum Gasteiger partial charge on any atom is 0.0594 e. The van der Waals surface area contributed by atoms with Gasteiger partial charge in [-0.2, -0.15) is 0 Å². The van der Waals surface area contributed by atoms with Gasteiger partial charge in [-0.25, -0.2) is 0 Å². The van der Waals surface area contributed by atoms with Crippen molar-refractivity contribution < 1.29 is 4.74 Å². The molecule has 1 aliphatic heterocycles. The molecule has 0 N–H and O–H groups in total. The second-order valence-electron chi connectivity index (χ2n) is 12.7. The average Bonchev–Trinajstić information content (AvgIpc) is 3.25. The third kappa shape index (κ3) is 3.48. The zero-order chi connectivity index (χ0) is 22.7. The van der Waals surface area contributed by atoms with Crippen LogP contribution in [0.2, 0.25) is 0 Å². The van der Waals surface area contributed by atoms with Gasteiger partial charge in [0.05, 0.1) is 13.2 Å². The number of benzene rings is 1. The first-order chi connectivity index (χ1) is 16.7. The van der Waals surface area contributed by atoms with Gasteiger partial charge in [-0.3, -0.25) is 9.88 Å². The number of rotatable bonds is 2. The molecule has 8 atom stereocenters. The van der Waals surface area contributed by atoms with Crippen molar-refractivity contribution in [3.8, 4) is 0 Å². The zero-order valence-electron chi connectivity index (χ0n) is 21.0. The summed E-state index contributed by atoms with van der Waals surface area (Å²) < 4.78 is 5.63. The summed E-state index contributed by atoms with van der Waals surface area (Å²) in [5.41, 5.74) is 2.08. The van der Waals surface area contributed by atoms with E-state index >= 15 is 0 Å². The predicted molar refractivity (Wildman–Crippen MR) is 138 cm³/mol. The number of ether oxygens (including phenoxy) is 1. The fraction of sp³-hybridized carbons (Fsp3) is 0.710. The average molecular weight is 459 g/mol. The van der Waals surface area contributed by atoms with E-state index in [2.05, 4.69) is 47.3 Å². The van der Waals surface area contributed by atoms with Crippen LogP contribution in [0.1, 0.15) is 76.2 Å². The first-order valence-corrected chi connectivity index (χ1v) is 14.4. The molecule has 4 saturated carbocycles. The molecule has 1 aromatic heterocycles. The van der Waals surface area contributed by atoms with E-state index in [9.17, 15) is 0 Å². The van der Waals surface area contributed by atoms with Gasteiger partial charge in [0.25, 0.3) is 0 Å². The molecule has 8 unspecified atom stereocenters. The van der Waals surface area contributed by atoms with Gasteiger partial charge < -0.3 is 4.74 Å². The summed E-state index contributed by atoms with van der Waals surface area (Å²) in [5, 5.41) is 2.64. The maximum atomic E-state index is 5.63. The van der Waals surface area contributed by atoms with E-state index in [1.165, 1.54) is 81.6 Å². The Labute approximate surface area is 205 Å². The highest BCUT2D eigenvalue weighted by atomic mass is 16.5. The monoisotopic (exact) mass is 458 g/mol. The van der Waals surface area contributed by atoms with Crippen LogP contribution in [-0.2, 0) is 4.74 Å². The van der Waals surface area contributed by atoms with Crippen LogP contribution >= 0.6 is 0 Å². The van der Waals surface area contributed by atoms with Crippen molar-refractivity contribution in [3.63, 3.8) is 0 Å². The summed E-state index contributed by atoms with van der Waals surface area (Å²) in [4.78, 5) is 7.17. The molecule has 0 radical (unpaired) electrons. The summed E-state index contributed by atoms with van der Waals surface area (Å²) in [6, 6.07) is 10.2. The van der Waals surface area contributed by atoms with Crippen molar-refractivity contribution in [2.24, 2.45) is 35.0 Å². The Morgan fingerprint density at radius 3 is 2.68 bits per heavy atom. The summed E-state index contributed by atoms with van der Waals surface area (Å²) in [5.74, 6) is 5.70. The minimum Gasteiger partial charge on any atom is -0.379 e. The Kier molecular flexibility index (Phi) is 5.51. The number of hydrogen-bond acceptors (Lipinski definition) is 3. The summed E-state index contributed by atoms with van der Waals surface area (Å²) in [6.45, 7) is 6.91. The van der Waals surface area contributed by atoms with Crippen molar-refractivity contribution in [1.82, 2.24) is 9.88 Å². The van der Waals surface area contributed by atoms with Crippen LogP contribution in [0, 0.1) is 35.0 Å². The molecular weight excluding hydrogens is 416 g/mol. The molecule has 2 heterocycles. The Bertz CT molecular complexity index is 1030. The molecule has 0 bridgehead atoms. The molecule has 3 nitrogen and oxygen atoms in total. The highest BCUT2D eigenvalue weighted by Crippen LogP contribution is 2.66. The molecule has 0 amide bonds. The smallest absolute Gasteiger partial charge is 0.0594 e. The van der Waals surface area contributed by atoms with Crippen LogP contribution in [0.5, 0.6) is 0 Å². The summed E-state index contributed by atoms with van der Waals surface area (Å²) >= 11 is 0. The molecule has 3 heteroatoms. The lowest BCUT2D eigenvalue weighted by Crippen LogP contribution is -2.51. The summed E-state index contributed by atoms with van der Waals surface area (Å²) in [7, 11) is 0. The number of morpholine rings is 1. The van der Waals surface area contributed by atoms with Gasteiger partial charge in [0.15, 0.2) is 0 Å². The van der Waals surface area contributed by atoms with Crippen LogP contribution in [0.4, 0.5) is 0 Å². The Hall–Kier alpha value is -1.45. The maximum absolute atomic E-state index is 5.63. The minimum absolute atomic E-state index is 0.495. The van der Waals surface area contributed by atoms with E-state index in [-0.39, 0.29) is 0 Å². The van der Waals surface area contributed by atoms with Crippen molar-refractivity contribution in [2.75, 3.05) is 26.3 Å². The van der Waals surface area contributed by atoms with Crippen molar-refractivity contribution in [1.29, 1.82) is 0 Å². The molecule has 5 aliphatic rings. The molecule has 1 saturated heterocycles. The molecule has 182 valence electrons. The van der Waals surface area contributed by atoms with E-state index < -0.39 is 0 Å². The topological polar surface area (TPSA) is 25.4 Å². The minimum atomic E-state index is 0.495. The fourth-order valence-electron chi connectivity index (χ4n) is 9.97. The van der Waals surface area contributed by atoms with E-state index in [1.807, 2.05) is 6.20 Å². The fourth-order valence-corrected chi connectivity index (χ4v) is 9.97. The van der Waals surface area contributed by atoms with Gasteiger partial charge >= 0.3 is 0 Å². The number of hydrogen-bond donors (Lipinski definition) is 0. The second kappa shape index (κ2) is 8.59. The molecular formula is C31H42N2O. The first-order valence-electron chi connectivity index (χ1n) is 14.4. The third-order valence-electron chi connectivity index (χ3n) is 11.6. The highest BCUT2D eigenvalue weighted by Gasteiger charge is 2.57. The van der Waals surface area contributed by atoms with E-state index in [4.69, 9.17) is 4.74 Å². The van der Waals surface area contributed by atoms with E-state index in [0.717, 1.165) is 54.8 Å². The van der Waals surface area contributed by atoms with E-state index in [0.29, 0.717) is 5.41 Å². The molecule has 0 spiro atoms. The number of nitrogens with zero attached hydrogens (tertiary/aromatic N) is 2. The molecule has 4 aliphatic carbocycles. The molecule has 1 aromatic carbocycles. The molecule has 34 heavy (non-hydrogen) atoms. The van der Waals surface area contributed by atoms with Gasteiger partial charge in [-0.05, 0) is 122 Å². The van der Waals surface area contributed by atoms with Gasteiger partial charge in [-0.1, -0.05) is 19.1 Å². The van der Waals surface area contributed by atoms with E-state index in [1.54, 1.807) is 5.56 Å². The molecule has 7 rings (SSSR count). The lowest BCUT2D eigenvalue weighted by molar-refractivity contribution is -0.0723. The Morgan fingerprint density at radius 2 is 1.76 bits per heavy atom. The lowest BCUT2D eigenvalue weighted by Gasteiger charge is -2.57. The van der Waals surface area contributed by atoms with Crippen LogP contribution in [0.3, 0.4) is 0 Å². The molecule has 5 fully saturated rings.